The van der Waals surface area contributed by atoms with Crippen molar-refractivity contribution in [1.29, 1.82) is 0 Å². The number of aryl methyl sites for hydroxylation is 2. The smallest absolute Gasteiger partial charge is 0.106 e. The highest BCUT2D eigenvalue weighted by molar-refractivity contribution is 5.01. The number of rotatable bonds is 9. The van der Waals surface area contributed by atoms with E-state index < -0.39 is 0 Å². The van der Waals surface area contributed by atoms with Crippen molar-refractivity contribution in [3.8, 4) is 0 Å². The molecule has 0 atom stereocenters. The van der Waals surface area contributed by atoms with Crippen LogP contribution in [-0.2, 0) is 12.8 Å². The second-order valence-electron chi connectivity index (χ2n) is 4.62. The summed E-state index contributed by atoms with van der Waals surface area (Å²) in [5, 5.41) is 0. The van der Waals surface area contributed by atoms with Crippen molar-refractivity contribution in [3.63, 3.8) is 0 Å². The molecule has 1 rings (SSSR count). The van der Waals surface area contributed by atoms with Gasteiger partial charge in [0.05, 0.1) is 0 Å². The maximum Gasteiger partial charge on any atom is 0.106 e. The average Bonchev–Trinajstić information content (AvgIpc) is 2.72. The van der Waals surface area contributed by atoms with Crippen LogP contribution in [0, 0.1) is 0 Å². The minimum absolute atomic E-state index is 1.12. The number of imidazole rings is 1. The molecule has 0 fully saturated rings. The fraction of sp³-hybridized carbons (Fsp3) is 0.786. The Morgan fingerprint density at radius 1 is 0.938 bits per heavy atom. The van der Waals surface area contributed by atoms with Gasteiger partial charge in [0.15, 0.2) is 0 Å². The summed E-state index contributed by atoms with van der Waals surface area (Å²) in [5.74, 6) is 1.18. The first-order valence-electron chi connectivity index (χ1n) is 6.89. The molecular weight excluding hydrogens is 196 g/mol. The Bertz CT molecular complexity index is 265. The predicted molar refractivity (Wildman–Crippen MR) is 69.7 cm³/mol. The second-order valence-corrected chi connectivity index (χ2v) is 4.62. The third kappa shape index (κ3) is 5.34. The Balaban J connectivity index is 2.07. The number of hydrogen-bond donors (Lipinski definition) is 1. The lowest BCUT2D eigenvalue weighted by molar-refractivity contribution is 0.602. The fourth-order valence-corrected chi connectivity index (χ4v) is 2.00. The van der Waals surface area contributed by atoms with E-state index in [1.165, 1.54) is 56.5 Å². The number of aromatic amines is 1. The van der Waals surface area contributed by atoms with Gasteiger partial charge in [-0.3, -0.25) is 0 Å². The van der Waals surface area contributed by atoms with E-state index in [4.69, 9.17) is 0 Å². The van der Waals surface area contributed by atoms with Crippen LogP contribution in [0.2, 0.25) is 0 Å². The van der Waals surface area contributed by atoms with Crippen molar-refractivity contribution in [2.75, 3.05) is 0 Å². The Morgan fingerprint density at radius 3 is 2.44 bits per heavy atom. The maximum absolute atomic E-state index is 4.41. The Kier molecular flexibility index (Phi) is 6.95. The normalized spacial score (nSPS) is 10.9. The molecule has 0 saturated carbocycles. The molecule has 1 heterocycles. The summed E-state index contributed by atoms with van der Waals surface area (Å²) in [7, 11) is 0. The zero-order valence-electron chi connectivity index (χ0n) is 10.9. The summed E-state index contributed by atoms with van der Waals surface area (Å²) in [6.45, 7) is 4.46. The molecule has 0 saturated heterocycles. The van der Waals surface area contributed by atoms with Gasteiger partial charge in [-0.1, -0.05) is 52.4 Å². The van der Waals surface area contributed by atoms with Crippen molar-refractivity contribution >= 4 is 0 Å². The van der Waals surface area contributed by atoms with E-state index in [9.17, 15) is 0 Å². The van der Waals surface area contributed by atoms with Crippen molar-refractivity contribution in [3.05, 3.63) is 17.7 Å². The van der Waals surface area contributed by atoms with Gasteiger partial charge >= 0.3 is 0 Å². The molecule has 1 aromatic rings. The first kappa shape index (κ1) is 13.3. The number of nitrogens with zero attached hydrogens (tertiary/aromatic N) is 1. The highest BCUT2D eigenvalue weighted by atomic mass is 14.9. The second kappa shape index (κ2) is 8.37. The Labute approximate surface area is 99.9 Å². The van der Waals surface area contributed by atoms with Gasteiger partial charge < -0.3 is 4.98 Å². The number of H-pyrrole nitrogens is 1. The van der Waals surface area contributed by atoms with Gasteiger partial charge in [0.2, 0.25) is 0 Å². The van der Waals surface area contributed by atoms with Crippen LogP contribution in [-0.4, -0.2) is 9.97 Å². The molecule has 0 aromatic carbocycles. The summed E-state index contributed by atoms with van der Waals surface area (Å²) in [4.78, 5) is 7.82. The van der Waals surface area contributed by atoms with Crippen molar-refractivity contribution < 1.29 is 0 Å². The summed E-state index contributed by atoms with van der Waals surface area (Å²) in [6.07, 6.45) is 13.6. The first-order chi connectivity index (χ1) is 7.86. The third-order valence-corrected chi connectivity index (χ3v) is 2.97. The van der Waals surface area contributed by atoms with Crippen LogP contribution in [0.4, 0.5) is 0 Å². The number of unbranched alkanes of at least 4 members (excludes halogenated alkanes) is 5. The molecule has 0 unspecified atom stereocenters. The van der Waals surface area contributed by atoms with E-state index in [0.717, 1.165) is 12.8 Å². The molecule has 16 heavy (non-hydrogen) atoms. The molecule has 0 aliphatic heterocycles. The quantitative estimate of drug-likeness (QED) is 0.621. The third-order valence-electron chi connectivity index (χ3n) is 2.97. The van der Waals surface area contributed by atoms with E-state index in [1.807, 2.05) is 6.20 Å². The summed E-state index contributed by atoms with van der Waals surface area (Å²) >= 11 is 0. The molecule has 1 N–H and O–H groups in total. The van der Waals surface area contributed by atoms with E-state index in [0.29, 0.717) is 0 Å². The molecule has 0 spiro atoms. The zero-order chi connectivity index (χ0) is 11.6. The van der Waals surface area contributed by atoms with E-state index in [-0.39, 0.29) is 0 Å². The average molecular weight is 222 g/mol. The highest BCUT2D eigenvalue weighted by Gasteiger charge is 1.99. The standard InChI is InChI=1S/C14H26N2/c1-3-5-6-7-8-9-11-14-15-12-13(16-14)10-4-2/h12H,3-11H2,1-2H3,(H,15,16). The molecule has 92 valence electrons. The topological polar surface area (TPSA) is 28.7 Å². The van der Waals surface area contributed by atoms with E-state index in [1.54, 1.807) is 0 Å². The molecule has 2 heteroatoms. The van der Waals surface area contributed by atoms with Gasteiger partial charge in [0.25, 0.3) is 0 Å². The molecule has 0 aliphatic carbocycles. The first-order valence-corrected chi connectivity index (χ1v) is 6.89. The molecule has 2 nitrogen and oxygen atoms in total. The predicted octanol–water partition coefficient (Wildman–Crippen LogP) is 4.27. The van der Waals surface area contributed by atoms with Crippen molar-refractivity contribution in [2.24, 2.45) is 0 Å². The summed E-state index contributed by atoms with van der Waals surface area (Å²) < 4.78 is 0. The number of aromatic nitrogens is 2. The molecule has 0 radical (unpaired) electrons. The Morgan fingerprint density at radius 2 is 1.69 bits per heavy atom. The maximum atomic E-state index is 4.41. The zero-order valence-corrected chi connectivity index (χ0v) is 10.9. The van der Waals surface area contributed by atoms with Crippen LogP contribution in [0.3, 0.4) is 0 Å². The molecule has 0 bridgehead atoms. The largest absolute Gasteiger partial charge is 0.346 e. The minimum Gasteiger partial charge on any atom is -0.346 e. The number of hydrogen-bond acceptors (Lipinski definition) is 1. The van der Waals surface area contributed by atoms with Gasteiger partial charge in [-0.15, -0.1) is 0 Å². The monoisotopic (exact) mass is 222 g/mol. The lowest BCUT2D eigenvalue weighted by Gasteiger charge is -1.99. The van der Waals surface area contributed by atoms with Crippen LogP contribution < -0.4 is 0 Å². The SMILES string of the molecule is CCCCCCCCc1ncc(CCC)[nH]1. The van der Waals surface area contributed by atoms with Crippen LogP contribution in [0.15, 0.2) is 6.20 Å². The van der Waals surface area contributed by atoms with E-state index in [2.05, 4.69) is 23.8 Å². The summed E-state index contributed by atoms with van der Waals surface area (Å²) in [5.41, 5.74) is 1.29. The molecule has 0 amide bonds. The lowest BCUT2D eigenvalue weighted by Crippen LogP contribution is -1.90. The summed E-state index contributed by atoms with van der Waals surface area (Å²) in [6, 6.07) is 0. The molecular formula is C14H26N2. The molecule has 0 aliphatic rings. The van der Waals surface area contributed by atoms with Crippen molar-refractivity contribution in [1.82, 2.24) is 9.97 Å². The molecule has 1 aromatic heterocycles. The number of nitrogens with one attached hydrogen (secondary N) is 1. The fourth-order valence-electron chi connectivity index (χ4n) is 2.00. The highest BCUT2D eigenvalue weighted by Crippen LogP contribution is 2.08. The van der Waals surface area contributed by atoms with Gasteiger partial charge in [0, 0.05) is 18.3 Å². The van der Waals surface area contributed by atoms with Gasteiger partial charge in [-0.05, 0) is 12.8 Å². The van der Waals surface area contributed by atoms with Crippen LogP contribution in [0.5, 0.6) is 0 Å². The van der Waals surface area contributed by atoms with Gasteiger partial charge in [-0.25, -0.2) is 4.98 Å². The van der Waals surface area contributed by atoms with Crippen LogP contribution in [0.1, 0.15) is 70.3 Å². The van der Waals surface area contributed by atoms with Gasteiger partial charge in [-0.2, -0.15) is 0 Å². The van der Waals surface area contributed by atoms with Crippen LogP contribution in [0.25, 0.3) is 0 Å². The van der Waals surface area contributed by atoms with Crippen LogP contribution >= 0.6 is 0 Å². The minimum atomic E-state index is 1.12. The lowest BCUT2D eigenvalue weighted by atomic mass is 10.1. The van der Waals surface area contributed by atoms with Crippen molar-refractivity contribution in [2.45, 2.75) is 71.6 Å². The van der Waals surface area contributed by atoms with Gasteiger partial charge in [0.1, 0.15) is 5.82 Å². The Hall–Kier alpha value is -0.790. The van der Waals surface area contributed by atoms with E-state index >= 15 is 0 Å².